The van der Waals surface area contributed by atoms with Crippen LogP contribution in [0.15, 0.2) is 46.5 Å². The second kappa shape index (κ2) is 13.5. The zero-order valence-corrected chi connectivity index (χ0v) is 25.5. The van der Waals surface area contributed by atoms with Crippen LogP contribution in [0.25, 0.3) is 0 Å². The van der Waals surface area contributed by atoms with Crippen LogP contribution in [-0.2, 0) is 23.9 Å². The molecule has 3 atom stereocenters. The van der Waals surface area contributed by atoms with Gasteiger partial charge in [0.25, 0.3) is 11.5 Å². The van der Waals surface area contributed by atoms with Crippen LogP contribution in [0.3, 0.4) is 0 Å². The highest BCUT2D eigenvalue weighted by atomic mass is 32.2. The first-order valence-corrected chi connectivity index (χ1v) is 15.6. The lowest BCUT2D eigenvalue weighted by atomic mass is 9.96. The molecule has 2 unspecified atom stereocenters. The monoisotopic (exact) mass is 655 g/mol. The van der Waals surface area contributed by atoms with Gasteiger partial charge in [-0.1, -0.05) is 31.4 Å². The van der Waals surface area contributed by atoms with Gasteiger partial charge in [-0.05, 0) is 30.5 Å². The van der Waals surface area contributed by atoms with Crippen molar-refractivity contribution in [1.82, 2.24) is 20.2 Å². The van der Waals surface area contributed by atoms with Gasteiger partial charge >= 0.3 is 18.0 Å². The summed E-state index contributed by atoms with van der Waals surface area (Å²) in [5.74, 6) is -3.50. The van der Waals surface area contributed by atoms with Crippen LogP contribution in [-0.4, -0.2) is 84.7 Å². The smallest absolute Gasteiger partial charge is 0.352 e. The van der Waals surface area contributed by atoms with E-state index in [-0.39, 0.29) is 52.6 Å². The molecule has 1 aliphatic carbocycles. The number of hydrogen-bond donors (Lipinski definition) is 6. The third kappa shape index (κ3) is 6.63. The quantitative estimate of drug-likeness (QED) is 0.156. The van der Waals surface area contributed by atoms with Gasteiger partial charge in [0.05, 0.1) is 6.20 Å². The van der Waals surface area contributed by atoms with Crippen molar-refractivity contribution in [3.63, 3.8) is 0 Å². The van der Waals surface area contributed by atoms with Crippen LogP contribution in [0, 0.1) is 0 Å². The van der Waals surface area contributed by atoms with Crippen molar-refractivity contribution in [3.8, 4) is 5.75 Å². The molecule has 1 aromatic carbocycles. The Morgan fingerprint density at radius 1 is 1.17 bits per heavy atom. The van der Waals surface area contributed by atoms with E-state index in [0.717, 1.165) is 59.9 Å². The Morgan fingerprint density at radius 3 is 2.48 bits per heavy atom. The molecule has 4 amide bonds. The summed E-state index contributed by atoms with van der Waals surface area (Å²) in [5.41, 5.74) is 4.67. The van der Waals surface area contributed by atoms with Crippen molar-refractivity contribution in [2.75, 3.05) is 22.6 Å². The summed E-state index contributed by atoms with van der Waals surface area (Å²) in [5, 5.41) is 24.6. The number of nitrogens with zero attached hydrogens (tertiary/aromatic N) is 3. The number of H-pyrrole nitrogens is 1. The first-order chi connectivity index (χ1) is 22.0. The molecule has 2 aromatic rings. The molecule has 2 fully saturated rings. The number of thioether (sulfide) groups is 1. The van der Waals surface area contributed by atoms with Crippen LogP contribution >= 0.6 is 11.8 Å². The number of aromatic nitrogens is 2. The number of amides is 4. The Morgan fingerprint density at radius 2 is 1.87 bits per heavy atom. The van der Waals surface area contributed by atoms with Crippen molar-refractivity contribution in [3.05, 3.63) is 57.6 Å². The second-order valence-corrected chi connectivity index (χ2v) is 12.2. The number of hydrogen-bond acceptors (Lipinski definition) is 11. The van der Waals surface area contributed by atoms with Crippen molar-refractivity contribution in [2.24, 2.45) is 5.73 Å². The third-order valence-electron chi connectivity index (χ3n) is 7.94. The van der Waals surface area contributed by atoms with E-state index in [0.29, 0.717) is 0 Å². The van der Waals surface area contributed by atoms with Gasteiger partial charge in [0.1, 0.15) is 41.2 Å². The topological polar surface area (TPSA) is 237 Å². The molecule has 3 aliphatic rings. The van der Waals surface area contributed by atoms with Crippen molar-refractivity contribution < 1.29 is 38.9 Å². The lowest BCUT2D eigenvalue weighted by Gasteiger charge is -2.49. The molecule has 17 heteroatoms. The molecule has 1 aromatic heterocycles. The molecular weight excluding hydrogens is 622 g/mol. The highest BCUT2D eigenvalue weighted by Gasteiger charge is 2.55. The number of ether oxygens (including phenoxy) is 1. The van der Waals surface area contributed by atoms with E-state index in [2.05, 4.69) is 20.6 Å². The molecule has 0 spiro atoms. The van der Waals surface area contributed by atoms with E-state index in [1.54, 1.807) is 0 Å². The zero-order valence-electron chi connectivity index (χ0n) is 24.7. The predicted octanol–water partition coefficient (Wildman–Crippen LogP) is 1.15. The van der Waals surface area contributed by atoms with Crippen molar-refractivity contribution in [2.45, 2.75) is 62.5 Å². The van der Waals surface area contributed by atoms with Crippen LogP contribution in [0.2, 0.25) is 0 Å². The number of carboxylic acid groups (broad SMARTS) is 1. The first-order valence-electron chi connectivity index (χ1n) is 14.5. The van der Waals surface area contributed by atoms with Gasteiger partial charge < -0.3 is 31.3 Å². The summed E-state index contributed by atoms with van der Waals surface area (Å²) in [7, 11) is 0. The number of aromatic amines is 1. The highest BCUT2D eigenvalue weighted by Crippen LogP contribution is 2.41. The number of anilines is 2. The van der Waals surface area contributed by atoms with E-state index >= 15 is 0 Å². The number of phenolic OH excluding ortho intramolecular Hbond substituents is 1. The molecule has 1 saturated carbocycles. The summed E-state index contributed by atoms with van der Waals surface area (Å²) in [6, 6.07) is 1.41. The van der Waals surface area contributed by atoms with E-state index < -0.39 is 52.8 Å². The van der Waals surface area contributed by atoms with Gasteiger partial charge in [0.15, 0.2) is 0 Å². The lowest BCUT2D eigenvalue weighted by Crippen LogP contribution is -2.71. The standard InChI is InChI=1S/C29H33N7O9S/c1-14(37)45-12-16-13-46-26-20(25(41)36(26)22(16)27(42)43)33-24(40)21(15-7-9-18(38)10-8-15)35(28(30)44)19-11-31-29(34-23(19)39)32-17-5-3-2-4-6-17/h7-11,17,20-21,26,38H,2-6,12-13H2,1H3,(H2,30,44)(H,33,40)(H,42,43)(H2,31,32,34,39)/t20?,21?,26-/m1/s1. The molecular formula is C29H33N7O9S. The number of fused-ring (bicyclic) bond motifs is 1. The van der Waals surface area contributed by atoms with Crippen molar-refractivity contribution >= 4 is 53.2 Å². The Hall–Kier alpha value is -5.06. The molecule has 16 nitrogen and oxygen atoms in total. The molecule has 46 heavy (non-hydrogen) atoms. The number of carboxylic acids is 1. The molecule has 7 N–H and O–H groups in total. The molecule has 244 valence electrons. The molecule has 2 aliphatic heterocycles. The number of nitrogens with one attached hydrogen (secondary N) is 3. The number of rotatable bonds is 10. The minimum atomic E-state index is -1.59. The number of carbonyl (C=O) groups excluding carboxylic acids is 4. The molecule has 3 heterocycles. The van der Waals surface area contributed by atoms with Crippen LogP contribution in [0.4, 0.5) is 16.4 Å². The molecule has 5 rings (SSSR count). The number of nitrogens with two attached hydrogens (primary N) is 1. The van der Waals surface area contributed by atoms with Gasteiger partial charge in [0, 0.05) is 24.3 Å². The van der Waals surface area contributed by atoms with Crippen LogP contribution in [0.5, 0.6) is 5.75 Å². The normalized spacial score (nSPS) is 20.2. The Bertz CT molecular complexity index is 1640. The zero-order chi connectivity index (χ0) is 33.1. The minimum absolute atomic E-state index is 0.104. The Labute approximate surface area is 266 Å². The Kier molecular flexibility index (Phi) is 9.50. The fourth-order valence-electron chi connectivity index (χ4n) is 5.75. The first kappa shape index (κ1) is 32.3. The number of phenols is 1. The maximum absolute atomic E-state index is 13.9. The molecule has 0 bridgehead atoms. The van der Waals surface area contributed by atoms with Crippen LogP contribution < -0.4 is 26.8 Å². The molecule has 1 saturated heterocycles. The maximum atomic E-state index is 13.9. The fraction of sp³-hybridized carbons (Fsp3) is 0.414. The van der Waals surface area contributed by atoms with Gasteiger partial charge in [-0.25, -0.2) is 14.6 Å². The van der Waals surface area contributed by atoms with Gasteiger partial charge in [-0.2, -0.15) is 0 Å². The van der Waals surface area contributed by atoms with E-state index in [9.17, 15) is 39.0 Å². The number of urea groups is 1. The number of carbonyl (C=O) groups is 5. The third-order valence-corrected chi connectivity index (χ3v) is 9.28. The Balaban J connectivity index is 1.42. The number of aliphatic carboxylic acids is 1. The number of benzene rings is 1. The predicted molar refractivity (Wildman–Crippen MR) is 165 cm³/mol. The van der Waals surface area contributed by atoms with Gasteiger partial charge in [-0.15, -0.1) is 11.8 Å². The average Bonchev–Trinajstić information content (AvgIpc) is 3.02. The minimum Gasteiger partial charge on any atom is -0.508 e. The number of aromatic hydroxyl groups is 1. The van der Waals surface area contributed by atoms with Gasteiger partial charge in [0.2, 0.25) is 11.9 Å². The fourth-order valence-corrected chi connectivity index (χ4v) is 7.08. The maximum Gasteiger partial charge on any atom is 0.352 e. The SMILES string of the molecule is CC(=O)OCC1=C(C(=O)O)N2C(=O)C(NC(=O)C(c3ccc(O)cc3)N(C(N)=O)c3cnc(NC4CCCCC4)[nH]c3=O)[C@H]2SC1. The van der Waals surface area contributed by atoms with E-state index in [1.165, 1.54) is 31.2 Å². The summed E-state index contributed by atoms with van der Waals surface area (Å²) in [6.45, 7) is 0.859. The largest absolute Gasteiger partial charge is 0.508 e. The van der Waals surface area contributed by atoms with E-state index in [4.69, 9.17) is 10.5 Å². The van der Waals surface area contributed by atoms with E-state index in [1.807, 2.05) is 0 Å². The summed E-state index contributed by atoms with van der Waals surface area (Å²) < 4.78 is 4.95. The van der Waals surface area contributed by atoms with Crippen LogP contribution in [0.1, 0.15) is 50.6 Å². The average molecular weight is 656 g/mol. The summed E-state index contributed by atoms with van der Waals surface area (Å²) in [6.07, 6.45) is 6.17. The van der Waals surface area contributed by atoms with Crippen molar-refractivity contribution in [1.29, 1.82) is 0 Å². The lowest BCUT2D eigenvalue weighted by molar-refractivity contribution is -0.151. The summed E-state index contributed by atoms with van der Waals surface area (Å²) >= 11 is 1.15. The second-order valence-electron chi connectivity index (χ2n) is 11.1. The molecule has 0 radical (unpaired) electrons. The highest BCUT2D eigenvalue weighted by molar-refractivity contribution is 8.00. The summed E-state index contributed by atoms with van der Waals surface area (Å²) in [4.78, 5) is 85.3. The van der Waals surface area contributed by atoms with Gasteiger partial charge in [-0.3, -0.25) is 34.0 Å². The number of primary amides is 1. The number of esters is 1. The number of β-lactam (4-membered cyclic amide) rings is 1.